The minimum Gasteiger partial charge on any atom is -0.483 e. The summed E-state index contributed by atoms with van der Waals surface area (Å²) in [4.78, 5) is 40.3. The number of likely N-dealkylation sites (tertiary alicyclic amines) is 1. The zero-order valence-electron chi connectivity index (χ0n) is 16.6. The number of fused-ring (bicyclic) bond motifs is 1. The monoisotopic (exact) mass is 448 g/mol. The molecule has 2 aromatic rings. The summed E-state index contributed by atoms with van der Waals surface area (Å²) in [6, 6.07) is 5.99. The predicted octanol–water partition coefficient (Wildman–Crippen LogP) is 4.05. The molecule has 1 atom stereocenters. The number of benzene rings is 1. The molecule has 4 rings (SSSR count). The SMILES string of the molecule is CC(=O)c1cc(OCc2ccc(Cl)c(Cl)c2)c(=O)n2c1CC[C@H]2C(=O)N1CCCC1. The number of aromatic nitrogens is 1. The lowest BCUT2D eigenvalue weighted by atomic mass is 10.1. The average Bonchev–Trinajstić information content (AvgIpc) is 3.39. The van der Waals surface area contributed by atoms with Crippen LogP contribution in [0.1, 0.15) is 53.8 Å². The molecule has 30 heavy (non-hydrogen) atoms. The summed E-state index contributed by atoms with van der Waals surface area (Å²) in [5, 5.41) is 0.823. The van der Waals surface area contributed by atoms with Gasteiger partial charge in [0.25, 0.3) is 5.56 Å². The Balaban J connectivity index is 1.68. The van der Waals surface area contributed by atoms with Gasteiger partial charge in [0.05, 0.1) is 10.0 Å². The Labute approximate surface area is 184 Å². The lowest BCUT2D eigenvalue weighted by Crippen LogP contribution is -2.38. The van der Waals surface area contributed by atoms with Crippen molar-refractivity contribution >= 4 is 34.9 Å². The lowest BCUT2D eigenvalue weighted by molar-refractivity contribution is -0.133. The molecule has 8 heteroatoms. The number of carbonyl (C=O) groups is 2. The van der Waals surface area contributed by atoms with E-state index in [1.54, 1.807) is 18.2 Å². The van der Waals surface area contributed by atoms with Crippen molar-refractivity contribution in [2.75, 3.05) is 13.1 Å². The molecule has 0 bridgehead atoms. The van der Waals surface area contributed by atoms with Gasteiger partial charge in [-0.05, 0) is 56.4 Å². The molecule has 0 N–H and O–H groups in total. The third kappa shape index (κ3) is 3.86. The Morgan fingerprint density at radius 1 is 1.13 bits per heavy atom. The third-order valence-electron chi connectivity index (χ3n) is 5.73. The molecule has 0 spiro atoms. The van der Waals surface area contributed by atoms with E-state index in [1.165, 1.54) is 17.6 Å². The number of hydrogen-bond donors (Lipinski definition) is 0. The Kier molecular flexibility index (Phi) is 5.89. The van der Waals surface area contributed by atoms with Crippen LogP contribution in [0.2, 0.25) is 10.0 Å². The summed E-state index contributed by atoms with van der Waals surface area (Å²) in [6.07, 6.45) is 2.99. The predicted molar refractivity (Wildman–Crippen MR) is 115 cm³/mol. The first-order valence-corrected chi connectivity index (χ1v) is 10.8. The van der Waals surface area contributed by atoms with Crippen LogP contribution in [-0.2, 0) is 17.8 Å². The molecule has 3 heterocycles. The molecular formula is C22H22Cl2N2O4. The highest BCUT2D eigenvalue weighted by molar-refractivity contribution is 6.42. The fourth-order valence-electron chi connectivity index (χ4n) is 4.22. The molecule has 158 valence electrons. The van der Waals surface area contributed by atoms with Gasteiger partial charge in [-0.1, -0.05) is 29.3 Å². The average molecular weight is 449 g/mol. The van der Waals surface area contributed by atoms with E-state index in [1.807, 2.05) is 4.90 Å². The number of pyridine rings is 1. The number of halogens is 2. The van der Waals surface area contributed by atoms with Gasteiger partial charge in [0.2, 0.25) is 5.91 Å². The number of hydrogen-bond acceptors (Lipinski definition) is 4. The molecule has 0 radical (unpaired) electrons. The number of carbonyl (C=O) groups excluding carboxylic acids is 2. The van der Waals surface area contributed by atoms with Crippen LogP contribution in [0, 0.1) is 0 Å². The zero-order valence-corrected chi connectivity index (χ0v) is 18.1. The van der Waals surface area contributed by atoms with E-state index in [0.717, 1.165) is 18.4 Å². The second-order valence-electron chi connectivity index (χ2n) is 7.72. The number of Topliss-reactive ketones (excluding diaryl/α,β-unsaturated/α-hetero) is 1. The molecule has 0 saturated carbocycles. The maximum Gasteiger partial charge on any atom is 0.293 e. The molecule has 1 aromatic carbocycles. The number of ketones is 1. The van der Waals surface area contributed by atoms with Gasteiger partial charge in [0.15, 0.2) is 11.5 Å². The topological polar surface area (TPSA) is 68.6 Å². The van der Waals surface area contributed by atoms with E-state index in [9.17, 15) is 14.4 Å². The van der Waals surface area contributed by atoms with Gasteiger partial charge >= 0.3 is 0 Å². The molecule has 6 nitrogen and oxygen atoms in total. The standard InChI is InChI=1S/C22H22Cl2N2O4/c1-13(27)15-11-20(30-12-14-4-5-16(23)17(24)10-14)22(29)26-18(15)6-7-19(26)21(28)25-8-2-3-9-25/h4-5,10-11,19H,2-3,6-9,12H2,1H3/t19-/m0/s1. The van der Waals surface area contributed by atoms with Crippen LogP contribution in [0.3, 0.4) is 0 Å². The van der Waals surface area contributed by atoms with Crippen molar-refractivity contribution < 1.29 is 14.3 Å². The summed E-state index contributed by atoms with van der Waals surface area (Å²) in [6.45, 7) is 2.98. The maximum absolute atomic E-state index is 13.2. The Bertz CT molecular complexity index is 1070. The molecule has 1 saturated heterocycles. The van der Waals surface area contributed by atoms with Crippen LogP contribution in [0.4, 0.5) is 0 Å². The molecule has 1 aromatic heterocycles. The first kappa shape index (κ1) is 20.9. The number of ether oxygens (including phenoxy) is 1. The molecule has 2 aliphatic heterocycles. The van der Waals surface area contributed by atoms with E-state index in [4.69, 9.17) is 27.9 Å². The van der Waals surface area contributed by atoms with Crippen molar-refractivity contribution in [1.29, 1.82) is 0 Å². The summed E-state index contributed by atoms with van der Waals surface area (Å²) in [5.41, 5.74) is 1.40. The van der Waals surface area contributed by atoms with Crippen molar-refractivity contribution in [2.24, 2.45) is 0 Å². The molecular weight excluding hydrogens is 427 g/mol. The Morgan fingerprint density at radius 3 is 2.53 bits per heavy atom. The van der Waals surface area contributed by atoms with E-state index in [0.29, 0.717) is 47.2 Å². The molecule has 0 aliphatic carbocycles. The first-order chi connectivity index (χ1) is 14.4. The minimum absolute atomic E-state index is 0.0514. The van der Waals surface area contributed by atoms with Crippen LogP contribution in [0.5, 0.6) is 5.75 Å². The number of rotatable bonds is 5. The minimum atomic E-state index is -0.586. The summed E-state index contributed by atoms with van der Waals surface area (Å²) >= 11 is 12.0. The molecule has 1 fully saturated rings. The number of amides is 1. The Morgan fingerprint density at radius 2 is 1.87 bits per heavy atom. The largest absolute Gasteiger partial charge is 0.483 e. The molecule has 0 unspecified atom stereocenters. The summed E-state index contributed by atoms with van der Waals surface area (Å²) in [7, 11) is 0. The van der Waals surface area contributed by atoms with Gasteiger partial charge in [-0.15, -0.1) is 0 Å². The van der Waals surface area contributed by atoms with Crippen molar-refractivity contribution in [3.05, 3.63) is 61.5 Å². The van der Waals surface area contributed by atoms with E-state index in [-0.39, 0.29) is 29.6 Å². The second kappa shape index (κ2) is 8.44. The zero-order chi connectivity index (χ0) is 21.4. The maximum atomic E-state index is 13.2. The van der Waals surface area contributed by atoms with Crippen LogP contribution < -0.4 is 10.3 Å². The highest BCUT2D eigenvalue weighted by Gasteiger charge is 2.36. The molecule has 2 aliphatic rings. The second-order valence-corrected chi connectivity index (χ2v) is 8.54. The normalized spacial score (nSPS) is 17.8. The fourth-order valence-corrected chi connectivity index (χ4v) is 4.54. The van der Waals surface area contributed by atoms with Crippen molar-refractivity contribution in [2.45, 2.75) is 45.3 Å². The first-order valence-electron chi connectivity index (χ1n) is 10.0. The van der Waals surface area contributed by atoms with Crippen LogP contribution >= 0.6 is 23.2 Å². The van der Waals surface area contributed by atoms with Gasteiger partial charge in [-0.25, -0.2) is 0 Å². The van der Waals surface area contributed by atoms with Gasteiger partial charge in [0, 0.05) is 24.3 Å². The van der Waals surface area contributed by atoms with Gasteiger partial charge in [-0.3, -0.25) is 19.0 Å². The van der Waals surface area contributed by atoms with E-state index in [2.05, 4.69) is 0 Å². The van der Waals surface area contributed by atoms with Gasteiger partial charge in [0.1, 0.15) is 12.6 Å². The lowest BCUT2D eigenvalue weighted by Gasteiger charge is -2.22. The van der Waals surface area contributed by atoms with Crippen molar-refractivity contribution in [3.63, 3.8) is 0 Å². The third-order valence-corrected chi connectivity index (χ3v) is 6.47. The quantitative estimate of drug-likeness (QED) is 0.646. The summed E-state index contributed by atoms with van der Waals surface area (Å²) < 4.78 is 7.25. The van der Waals surface area contributed by atoms with E-state index >= 15 is 0 Å². The summed E-state index contributed by atoms with van der Waals surface area (Å²) in [5.74, 6) is -0.159. The van der Waals surface area contributed by atoms with Gasteiger partial charge in [-0.2, -0.15) is 0 Å². The Hall–Kier alpha value is -2.31. The molecule has 1 amide bonds. The highest BCUT2D eigenvalue weighted by Crippen LogP contribution is 2.31. The van der Waals surface area contributed by atoms with Crippen LogP contribution in [0.15, 0.2) is 29.1 Å². The van der Waals surface area contributed by atoms with E-state index < -0.39 is 6.04 Å². The number of nitrogens with zero attached hydrogens (tertiary/aromatic N) is 2. The van der Waals surface area contributed by atoms with Crippen molar-refractivity contribution in [3.8, 4) is 5.75 Å². The van der Waals surface area contributed by atoms with Crippen molar-refractivity contribution in [1.82, 2.24) is 9.47 Å². The smallest absolute Gasteiger partial charge is 0.293 e. The van der Waals surface area contributed by atoms with Crippen LogP contribution in [0.25, 0.3) is 0 Å². The van der Waals surface area contributed by atoms with Gasteiger partial charge < -0.3 is 9.64 Å². The fraction of sp³-hybridized carbons (Fsp3) is 0.409. The highest BCUT2D eigenvalue weighted by atomic mass is 35.5. The van der Waals surface area contributed by atoms with Crippen LogP contribution in [-0.4, -0.2) is 34.2 Å².